The number of pyridine rings is 1. The molecule has 172 valence electrons. The number of aliphatic carboxylic acids is 1. The number of aromatic nitrogens is 1. The van der Waals surface area contributed by atoms with Crippen LogP contribution in [0, 0.1) is 5.92 Å². The molecule has 0 aliphatic heterocycles. The molecule has 33 heavy (non-hydrogen) atoms. The Morgan fingerprint density at radius 3 is 2.58 bits per heavy atom. The van der Waals surface area contributed by atoms with Gasteiger partial charge in [-0.3, -0.25) is 0 Å². The molecule has 1 heterocycles. The second kappa shape index (κ2) is 10.9. The largest absolute Gasteiger partial charge is 0.487 e. The molecule has 1 atom stereocenters. The fraction of sp³-hybridized carbons (Fsp3) is 0.370. The standard InChI is InChI=1S/C27H30N2O4/c1-19(27(30)31)29-33-26(17-20-7-3-2-4-8-20)22-12-15-24(16-13-22)32-18-23-14-11-21-9-5-6-10-25(21)28-23/h5-6,9-16,20,26H,2-4,7-8,17-18H2,1H3,(H,30,31)/b29-19+. The molecule has 0 spiro atoms. The predicted octanol–water partition coefficient (Wildman–Crippen LogP) is 6.30. The van der Waals surface area contributed by atoms with E-state index in [4.69, 9.17) is 14.7 Å². The molecule has 1 aliphatic rings. The number of carboxylic acids is 1. The normalized spacial score (nSPS) is 15.8. The number of rotatable bonds is 9. The first-order chi connectivity index (χ1) is 16.1. The van der Waals surface area contributed by atoms with Crippen molar-refractivity contribution < 1.29 is 19.5 Å². The maximum Gasteiger partial charge on any atom is 0.353 e. The Morgan fingerprint density at radius 2 is 1.82 bits per heavy atom. The average molecular weight is 447 g/mol. The summed E-state index contributed by atoms with van der Waals surface area (Å²) in [6.07, 6.45) is 6.68. The lowest BCUT2D eigenvalue weighted by atomic mass is 9.84. The molecule has 1 saturated carbocycles. The van der Waals surface area contributed by atoms with Crippen LogP contribution in [-0.2, 0) is 16.2 Å². The van der Waals surface area contributed by atoms with Crippen LogP contribution in [0.5, 0.6) is 5.75 Å². The summed E-state index contributed by atoms with van der Waals surface area (Å²) in [6.45, 7) is 1.83. The molecule has 0 saturated heterocycles. The maximum atomic E-state index is 11.1. The smallest absolute Gasteiger partial charge is 0.353 e. The summed E-state index contributed by atoms with van der Waals surface area (Å²) in [4.78, 5) is 21.5. The number of ether oxygens (including phenoxy) is 1. The van der Waals surface area contributed by atoms with E-state index in [2.05, 4.69) is 16.2 Å². The van der Waals surface area contributed by atoms with Crippen molar-refractivity contribution >= 4 is 22.6 Å². The number of benzene rings is 2. The van der Waals surface area contributed by atoms with Crippen LogP contribution in [0.25, 0.3) is 10.9 Å². The van der Waals surface area contributed by atoms with Crippen molar-refractivity contribution in [3.63, 3.8) is 0 Å². The van der Waals surface area contributed by atoms with Gasteiger partial charge < -0.3 is 14.7 Å². The third-order valence-electron chi connectivity index (χ3n) is 6.19. The summed E-state index contributed by atoms with van der Waals surface area (Å²) < 4.78 is 5.95. The van der Waals surface area contributed by atoms with Crippen molar-refractivity contribution in [2.45, 2.75) is 58.2 Å². The van der Waals surface area contributed by atoms with Crippen LogP contribution in [0.4, 0.5) is 0 Å². The Kier molecular flexibility index (Phi) is 7.55. The molecule has 6 heteroatoms. The molecule has 1 aromatic heterocycles. The Bertz CT molecular complexity index is 1100. The second-order valence-corrected chi connectivity index (χ2v) is 8.67. The SMILES string of the molecule is C/C(=N\OC(CC1CCCCC1)c1ccc(OCc2ccc3ccccc3n2)cc1)C(=O)O. The van der Waals surface area contributed by atoms with Crippen molar-refractivity contribution in [1.82, 2.24) is 4.98 Å². The van der Waals surface area contributed by atoms with Crippen molar-refractivity contribution in [2.24, 2.45) is 11.1 Å². The molecule has 0 bridgehead atoms. The number of carboxylic acid groups (broad SMARTS) is 1. The topological polar surface area (TPSA) is 81.0 Å². The molecule has 2 aromatic carbocycles. The molecule has 0 amide bonds. The Morgan fingerprint density at radius 1 is 1.06 bits per heavy atom. The van der Waals surface area contributed by atoms with Crippen LogP contribution < -0.4 is 4.74 Å². The van der Waals surface area contributed by atoms with Crippen molar-refractivity contribution in [3.05, 3.63) is 71.9 Å². The molecular formula is C27H30N2O4. The summed E-state index contributed by atoms with van der Waals surface area (Å²) >= 11 is 0. The number of carbonyl (C=O) groups is 1. The van der Waals surface area contributed by atoms with E-state index in [0.29, 0.717) is 12.5 Å². The van der Waals surface area contributed by atoms with E-state index in [0.717, 1.165) is 34.3 Å². The molecule has 1 fully saturated rings. The summed E-state index contributed by atoms with van der Waals surface area (Å²) in [7, 11) is 0. The first kappa shape index (κ1) is 22.8. The Balaban J connectivity index is 1.42. The maximum absolute atomic E-state index is 11.1. The van der Waals surface area contributed by atoms with E-state index in [1.165, 1.54) is 39.0 Å². The minimum absolute atomic E-state index is 0.0496. The van der Waals surface area contributed by atoms with E-state index < -0.39 is 5.97 Å². The number of fused-ring (bicyclic) bond motifs is 1. The highest BCUT2D eigenvalue weighted by Crippen LogP contribution is 2.34. The van der Waals surface area contributed by atoms with Crippen LogP contribution in [-0.4, -0.2) is 21.8 Å². The van der Waals surface area contributed by atoms with Gasteiger partial charge in [0.1, 0.15) is 12.4 Å². The number of para-hydroxylation sites is 1. The van der Waals surface area contributed by atoms with Gasteiger partial charge in [-0.25, -0.2) is 9.78 Å². The van der Waals surface area contributed by atoms with Gasteiger partial charge in [0.25, 0.3) is 0 Å². The minimum atomic E-state index is -1.07. The second-order valence-electron chi connectivity index (χ2n) is 8.67. The summed E-state index contributed by atoms with van der Waals surface area (Å²) in [5.74, 6) is 0.242. The number of oxime groups is 1. The average Bonchev–Trinajstić information content (AvgIpc) is 2.86. The van der Waals surface area contributed by atoms with E-state index >= 15 is 0 Å². The fourth-order valence-corrected chi connectivity index (χ4v) is 4.27. The van der Waals surface area contributed by atoms with Gasteiger partial charge in [0.15, 0.2) is 11.8 Å². The summed E-state index contributed by atoms with van der Waals surface area (Å²) in [5, 5.41) is 14.1. The van der Waals surface area contributed by atoms with Crippen LogP contribution in [0.1, 0.15) is 62.8 Å². The van der Waals surface area contributed by atoms with Gasteiger partial charge in [0.2, 0.25) is 0 Å². The summed E-state index contributed by atoms with van der Waals surface area (Å²) in [6, 6.07) is 19.8. The molecule has 1 N–H and O–H groups in total. The zero-order valence-electron chi connectivity index (χ0n) is 18.9. The Hall–Kier alpha value is -3.41. The van der Waals surface area contributed by atoms with E-state index in [-0.39, 0.29) is 11.8 Å². The molecule has 3 aromatic rings. The van der Waals surface area contributed by atoms with Gasteiger partial charge in [-0.1, -0.05) is 73.7 Å². The zero-order chi connectivity index (χ0) is 23.0. The van der Waals surface area contributed by atoms with Gasteiger partial charge >= 0.3 is 5.97 Å². The minimum Gasteiger partial charge on any atom is -0.487 e. The van der Waals surface area contributed by atoms with Crippen molar-refractivity contribution in [1.29, 1.82) is 0 Å². The lowest BCUT2D eigenvalue weighted by Gasteiger charge is -2.25. The van der Waals surface area contributed by atoms with Gasteiger partial charge in [-0.2, -0.15) is 0 Å². The van der Waals surface area contributed by atoms with Gasteiger partial charge in [-0.05, 0) is 49.1 Å². The monoisotopic (exact) mass is 446 g/mol. The molecule has 1 unspecified atom stereocenters. The van der Waals surface area contributed by atoms with E-state index in [9.17, 15) is 4.79 Å². The quantitative estimate of drug-likeness (QED) is 0.308. The molecular weight excluding hydrogens is 416 g/mol. The number of hydrogen-bond donors (Lipinski definition) is 1. The fourth-order valence-electron chi connectivity index (χ4n) is 4.27. The first-order valence-electron chi connectivity index (χ1n) is 11.6. The third kappa shape index (κ3) is 6.31. The van der Waals surface area contributed by atoms with E-state index in [1.807, 2.05) is 54.6 Å². The molecule has 4 rings (SSSR count). The molecule has 0 radical (unpaired) electrons. The van der Waals surface area contributed by atoms with Crippen LogP contribution in [0.15, 0.2) is 65.8 Å². The molecule has 1 aliphatic carbocycles. The highest BCUT2D eigenvalue weighted by molar-refractivity contribution is 6.34. The van der Waals surface area contributed by atoms with Crippen molar-refractivity contribution in [3.8, 4) is 5.75 Å². The highest BCUT2D eigenvalue weighted by atomic mass is 16.6. The molecule has 6 nitrogen and oxygen atoms in total. The van der Waals surface area contributed by atoms with Gasteiger partial charge in [0, 0.05) is 5.39 Å². The predicted molar refractivity (Wildman–Crippen MR) is 128 cm³/mol. The van der Waals surface area contributed by atoms with Crippen LogP contribution >= 0.6 is 0 Å². The van der Waals surface area contributed by atoms with Gasteiger partial charge in [0.05, 0.1) is 11.2 Å². The zero-order valence-corrected chi connectivity index (χ0v) is 18.9. The van der Waals surface area contributed by atoms with Crippen molar-refractivity contribution in [2.75, 3.05) is 0 Å². The summed E-state index contributed by atoms with van der Waals surface area (Å²) in [5.41, 5.74) is 2.74. The lowest BCUT2D eigenvalue weighted by Crippen LogP contribution is -2.14. The first-order valence-corrected chi connectivity index (χ1v) is 11.6. The van der Waals surface area contributed by atoms with E-state index in [1.54, 1.807) is 0 Å². The number of nitrogens with zero attached hydrogens (tertiary/aromatic N) is 2. The van der Waals surface area contributed by atoms with Crippen LogP contribution in [0.2, 0.25) is 0 Å². The van der Waals surface area contributed by atoms with Crippen LogP contribution in [0.3, 0.4) is 0 Å². The lowest BCUT2D eigenvalue weighted by molar-refractivity contribution is -0.129. The number of hydrogen-bond acceptors (Lipinski definition) is 5. The van der Waals surface area contributed by atoms with Gasteiger partial charge in [-0.15, -0.1) is 0 Å². The third-order valence-corrected chi connectivity index (χ3v) is 6.19. The Labute approximate surface area is 194 Å². The highest BCUT2D eigenvalue weighted by Gasteiger charge is 2.22.